The Labute approximate surface area is 114 Å². The minimum atomic E-state index is -0.588. The summed E-state index contributed by atoms with van der Waals surface area (Å²) in [5, 5.41) is 0. The van der Waals surface area contributed by atoms with Gasteiger partial charge in [-0.1, -0.05) is 0 Å². The lowest BCUT2D eigenvalue weighted by atomic mass is 10.5. The summed E-state index contributed by atoms with van der Waals surface area (Å²) >= 11 is 0. The Balaban J connectivity index is 0.000000131. The summed E-state index contributed by atoms with van der Waals surface area (Å²) in [6.45, 7) is 0. The van der Waals surface area contributed by atoms with Crippen molar-refractivity contribution >= 4 is 28.1 Å². The number of nitrogen functional groups attached to an aromatic ring is 1. The molecule has 6 N–H and O–H groups in total. The summed E-state index contributed by atoms with van der Waals surface area (Å²) in [6.07, 6.45) is 4.76. The number of hydrogen-bond acceptors (Lipinski definition) is 7. The van der Waals surface area contributed by atoms with E-state index in [1.165, 1.54) is 6.33 Å². The molecule has 0 saturated carbocycles. The molecule has 4 aromatic heterocycles. The second kappa shape index (κ2) is 4.88. The van der Waals surface area contributed by atoms with Gasteiger partial charge < -0.3 is 15.7 Å². The highest BCUT2D eigenvalue weighted by Gasteiger charge is 2.03. The molecule has 0 unspecified atom stereocenters. The first-order chi connectivity index (χ1) is 10.1. The molecule has 0 fully saturated rings. The second-order valence-corrected chi connectivity index (χ2v) is 3.92. The quantitative estimate of drug-likeness (QED) is 0.272. The van der Waals surface area contributed by atoms with Crippen LogP contribution in [0.15, 0.2) is 28.4 Å². The van der Waals surface area contributed by atoms with E-state index in [0.717, 1.165) is 5.52 Å². The number of H-pyrrole nitrogens is 4. The van der Waals surface area contributed by atoms with Gasteiger partial charge >= 0.3 is 11.4 Å². The molecule has 0 bridgehead atoms. The fourth-order valence-electron chi connectivity index (χ4n) is 1.65. The molecule has 4 rings (SSSR count). The summed E-state index contributed by atoms with van der Waals surface area (Å²) in [5.41, 5.74) is 6.43. The predicted molar refractivity (Wildman–Crippen MR) is 73.4 cm³/mol. The lowest BCUT2D eigenvalue weighted by Gasteiger charge is -1.91. The van der Waals surface area contributed by atoms with Crippen LogP contribution in [0.2, 0.25) is 0 Å². The minimum absolute atomic E-state index is 0.100. The molecule has 11 nitrogen and oxygen atoms in total. The Morgan fingerprint density at radius 2 is 1.95 bits per heavy atom. The van der Waals surface area contributed by atoms with Crippen LogP contribution in [0.1, 0.15) is 0 Å². The maximum absolute atomic E-state index is 10.7. The third kappa shape index (κ3) is 2.47. The van der Waals surface area contributed by atoms with Crippen molar-refractivity contribution < 1.29 is 0 Å². The molecule has 4 aromatic rings. The third-order valence-electron chi connectivity index (χ3n) is 2.53. The zero-order valence-corrected chi connectivity index (χ0v) is 10.4. The molecule has 0 aliphatic rings. The van der Waals surface area contributed by atoms with E-state index in [4.69, 9.17) is 5.73 Å². The van der Waals surface area contributed by atoms with Crippen molar-refractivity contribution in [1.29, 1.82) is 0 Å². The summed E-state index contributed by atoms with van der Waals surface area (Å²) in [4.78, 5) is 46.4. The van der Waals surface area contributed by atoms with Crippen LogP contribution in [0.3, 0.4) is 0 Å². The fourth-order valence-corrected chi connectivity index (χ4v) is 1.65. The summed E-state index contributed by atoms with van der Waals surface area (Å²) in [6, 6.07) is 0. The molecule has 106 valence electrons. The molecule has 4 heterocycles. The summed E-state index contributed by atoms with van der Waals surface area (Å²) in [5.74, 6) is 0.100. The standard InChI is InChI=1S/C5H5N5O2.C5H4N4/c6-2-1-3(9-4(11)7-1)10-5(12)8-2;1-4-5(8-2-6-1)9-3-7-4/h(H5,6,7,8,9,10,11,12);1-3H,(H,6,7,8,9). The van der Waals surface area contributed by atoms with Crippen molar-refractivity contribution in [2.75, 3.05) is 5.73 Å². The number of hydrogen-bond donors (Lipinski definition) is 5. The second-order valence-electron chi connectivity index (χ2n) is 3.92. The van der Waals surface area contributed by atoms with Gasteiger partial charge in [-0.3, -0.25) is 9.97 Å². The SMILES string of the molecule is Nc1[nH]c(=O)nc2[nH]c(=O)[nH]c12.c1ncc2[nH]cnc2n1. The van der Waals surface area contributed by atoms with Crippen LogP contribution in [0.4, 0.5) is 5.82 Å². The topological polar surface area (TPSA) is 175 Å². The van der Waals surface area contributed by atoms with Crippen molar-refractivity contribution in [2.45, 2.75) is 0 Å². The highest BCUT2D eigenvalue weighted by Crippen LogP contribution is 2.05. The molecule has 0 spiro atoms. The first-order valence-corrected chi connectivity index (χ1v) is 5.70. The number of aromatic nitrogens is 8. The molecular formula is C10H9N9O2. The maximum atomic E-state index is 10.7. The van der Waals surface area contributed by atoms with E-state index in [1.54, 1.807) is 12.5 Å². The fraction of sp³-hybridized carbons (Fsp3) is 0. The van der Waals surface area contributed by atoms with Crippen LogP contribution < -0.4 is 17.1 Å². The number of nitrogens with one attached hydrogen (secondary N) is 4. The average molecular weight is 287 g/mol. The van der Waals surface area contributed by atoms with Crippen molar-refractivity contribution in [2.24, 2.45) is 0 Å². The number of imidazole rings is 2. The smallest absolute Gasteiger partial charge is 0.348 e. The molecule has 11 heteroatoms. The molecule has 0 aliphatic heterocycles. The van der Waals surface area contributed by atoms with Crippen LogP contribution in [-0.4, -0.2) is 39.9 Å². The molecule has 21 heavy (non-hydrogen) atoms. The lowest BCUT2D eigenvalue weighted by Crippen LogP contribution is -2.12. The van der Waals surface area contributed by atoms with Crippen molar-refractivity contribution in [3.8, 4) is 0 Å². The van der Waals surface area contributed by atoms with E-state index in [-0.39, 0.29) is 11.5 Å². The van der Waals surface area contributed by atoms with E-state index in [9.17, 15) is 9.59 Å². The Kier molecular flexibility index (Phi) is 2.91. The Bertz CT molecular complexity index is 978. The molecule has 0 aromatic carbocycles. The number of rotatable bonds is 0. The van der Waals surface area contributed by atoms with Crippen LogP contribution >= 0.6 is 0 Å². The van der Waals surface area contributed by atoms with Crippen LogP contribution in [0, 0.1) is 0 Å². The number of nitrogens with two attached hydrogens (primary N) is 1. The van der Waals surface area contributed by atoms with Gasteiger partial charge in [0.05, 0.1) is 12.5 Å². The average Bonchev–Trinajstić information content (AvgIpc) is 3.05. The molecule has 0 saturated heterocycles. The Morgan fingerprint density at radius 3 is 2.76 bits per heavy atom. The van der Waals surface area contributed by atoms with E-state index in [0.29, 0.717) is 11.2 Å². The molecule has 0 atom stereocenters. The lowest BCUT2D eigenvalue weighted by molar-refractivity contribution is 1.11. The third-order valence-corrected chi connectivity index (χ3v) is 2.53. The molecule has 0 amide bonds. The number of fused-ring (bicyclic) bond motifs is 2. The van der Waals surface area contributed by atoms with E-state index < -0.39 is 11.4 Å². The number of nitrogens with zero attached hydrogens (tertiary/aromatic N) is 4. The van der Waals surface area contributed by atoms with Gasteiger partial charge in [0.1, 0.15) is 23.2 Å². The van der Waals surface area contributed by atoms with E-state index in [2.05, 4.69) is 39.9 Å². The zero-order valence-electron chi connectivity index (χ0n) is 10.4. The van der Waals surface area contributed by atoms with Gasteiger partial charge in [-0.25, -0.2) is 24.5 Å². The van der Waals surface area contributed by atoms with Crippen LogP contribution in [0.5, 0.6) is 0 Å². The van der Waals surface area contributed by atoms with Gasteiger partial charge in [-0.2, -0.15) is 4.98 Å². The molecular weight excluding hydrogens is 278 g/mol. The monoisotopic (exact) mass is 287 g/mol. The Morgan fingerprint density at radius 1 is 1.10 bits per heavy atom. The highest BCUT2D eigenvalue weighted by atomic mass is 16.1. The maximum Gasteiger partial charge on any atom is 0.348 e. The Hall–Kier alpha value is -3.50. The van der Waals surface area contributed by atoms with Gasteiger partial charge in [0.2, 0.25) is 0 Å². The van der Waals surface area contributed by atoms with Gasteiger partial charge in [-0.15, -0.1) is 0 Å². The molecule has 0 aliphatic carbocycles. The van der Waals surface area contributed by atoms with Gasteiger partial charge in [0.25, 0.3) is 0 Å². The zero-order chi connectivity index (χ0) is 14.8. The van der Waals surface area contributed by atoms with Gasteiger partial charge in [-0.05, 0) is 0 Å². The highest BCUT2D eigenvalue weighted by molar-refractivity contribution is 5.80. The summed E-state index contributed by atoms with van der Waals surface area (Å²) in [7, 11) is 0. The largest absolute Gasteiger partial charge is 0.383 e. The number of aromatic amines is 4. The van der Waals surface area contributed by atoms with E-state index in [1.807, 2.05) is 0 Å². The van der Waals surface area contributed by atoms with E-state index >= 15 is 0 Å². The van der Waals surface area contributed by atoms with Crippen LogP contribution in [0.25, 0.3) is 22.3 Å². The van der Waals surface area contributed by atoms with Crippen molar-refractivity contribution in [1.82, 2.24) is 39.9 Å². The minimum Gasteiger partial charge on any atom is -0.383 e. The number of anilines is 1. The first-order valence-electron chi connectivity index (χ1n) is 5.70. The predicted octanol–water partition coefficient (Wildman–Crippen LogP) is -1.13. The summed E-state index contributed by atoms with van der Waals surface area (Å²) < 4.78 is 0. The normalized spacial score (nSPS) is 10.5. The van der Waals surface area contributed by atoms with Crippen molar-refractivity contribution in [3.05, 3.63) is 39.8 Å². The molecule has 0 radical (unpaired) electrons. The van der Waals surface area contributed by atoms with Crippen LogP contribution in [-0.2, 0) is 0 Å². The van der Waals surface area contributed by atoms with Gasteiger partial charge in [0, 0.05) is 0 Å². The van der Waals surface area contributed by atoms with Gasteiger partial charge in [0.15, 0.2) is 11.3 Å². The first kappa shape index (κ1) is 12.5. The van der Waals surface area contributed by atoms with Crippen molar-refractivity contribution in [3.63, 3.8) is 0 Å².